The second kappa shape index (κ2) is 18.8. The number of carbonyl (C=O) groups is 1. The van der Waals surface area contributed by atoms with Gasteiger partial charge in [0.1, 0.15) is 6.61 Å². The van der Waals surface area contributed by atoms with Crippen LogP contribution in [0.5, 0.6) is 0 Å². The molecule has 0 saturated carbocycles. The topological polar surface area (TPSA) is 46.5 Å². The minimum Gasteiger partial charge on any atom is -0.463 e. The quantitative estimate of drug-likeness (QED) is 0.244. The third kappa shape index (κ3) is 17.8. The Hall–Kier alpha value is -0.570. The Balaban J connectivity index is 3.11. The Bertz CT molecular complexity index is 266. The summed E-state index contributed by atoms with van der Waals surface area (Å²) in [6, 6.07) is 0. The van der Waals surface area contributed by atoms with E-state index in [1.165, 1.54) is 77.0 Å². The predicted molar refractivity (Wildman–Crippen MR) is 102 cm³/mol. The van der Waals surface area contributed by atoms with E-state index in [4.69, 9.17) is 9.84 Å². The zero-order valence-corrected chi connectivity index (χ0v) is 16.4. The molecule has 0 aliphatic rings. The van der Waals surface area contributed by atoms with Gasteiger partial charge in [-0.25, -0.2) is 0 Å². The highest BCUT2D eigenvalue weighted by Gasteiger charge is 2.02. The molecule has 0 bridgehead atoms. The van der Waals surface area contributed by atoms with Crippen LogP contribution >= 0.6 is 0 Å². The molecule has 0 radical (unpaired) electrons. The van der Waals surface area contributed by atoms with Gasteiger partial charge in [-0.15, -0.1) is 0 Å². The van der Waals surface area contributed by atoms with Crippen LogP contribution in [0.1, 0.15) is 110 Å². The molecule has 1 atom stereocenters. The van der Waals surface area contributed by atoms with E-state index in [2.05, 4.69) is 13.8 Å². The molecule has 144 valence electrons. The first-order chi connectivity index (χ1) is 11.7. The average Bonchev–Trinajstić information content (AvgIpc) is 2.57. The van der Waals surface area contributed by atoms with Gasteiger partial charge in [-0.2, -0.15) is 0 Å². The molecular weight excluding hydrogens is 300 g/mol. The summed E-state index contributed by atoms with van der Waals surface area (Å²) in [7, 11) is 0. The molecule has 0 fully saturated rings. The van der Waals surface area contributed by atoms with Gasteiger partial charge in [0.25, 0.3) is 0 Å². The zero-order chi connectivity index (χ0) is 17.9. The van der Waals surface area contributed by atoms with Gasteiger partial charge in [-0.3, -0.25) is 4.79 Å². The lowest BCUT2D eigenvalue weighted by atomic mass is 9.98. The number of unbranched alkanes of at least 4 members (excludes halogenated alkanes) is 10. The van der Waals surface area contributed by atoms with Crippen molar-refractivity contribution in [2.75, 3.05) is 13.2 Å². The van der Waals surface area contributed by atoms with Crippen molar-refractivity contribution in [3.8, 4) is 0 Å². The van der Waals surface area contributed by atoms with Gasteiger partial charge in [-0.05, 0) is 12.3 Å². The number of hydrogen-bond acceptors (Lipinski definition) is 3. The van der Waals surface area contributed by atoms with Gasteiger partial charge in [0.2, 0.25) is 0 Å². The van der Waals surface area contributed by atoms with Gasteiger partial charge in [0, 0.05) is 6.42 Å². The second-order valence-corrected chi connectivity index (χ2v) is 7.27. The summed E-state index contributed by atoms with van der Waals surface area (Å²) in [5.74, 6) is 0.750. The first-order valence-electron chi connectivity index (χ1n) is 10.5. The van der Waals surface area contributed by atoms with Crippen molar-refractivity contribution >= 4 is 5.97 Å². The van der Waals surface area contributed by atoms with E-state index in [0.29, 0.717) is 6.42 Å². The number of aliphatic hydroxyl groups is 1. The molecule has 0 amide bonds. The summed E-state index contributed by atoms with van der Waals surface area (Å²) in [4.78, 5) is 11.2. The van der Waals surface area contributed by atoms with Crippen LogP contribution in [-0.2, 0) is 9.53 Å². The lowest BCUT2D eigenvalue weighted by Crippen LogP contribution is -2.07. The molecule has 0 heterocycles. The minimum atomic E-state index is -0.173. The van der Waals surface area contributed by atoms with Crippen LogP contribution in [0.25, 0.3) is 0 Å². The Morgan fingerprint density at radius 2 is 1.33 bits per heavy atom. The lowest BCUT2D eigenvalue weighted by molar-refractivity contribution is -0.144. The maximum atomic E-state index is 11.2. The highest BCUT2D eigenvalue weighted by molar-refractivity contribution is 5.69. The summed E-state index contributed by atoms with van der Waals surface area (Å²) in [6.07, 6.45) is 18.9. The van der Waals surface area contributed by atoms with Crippen molar-refractivity contribution in [1.82, 2.24) is 0 Å². The Morgan fingerprint density at radius 1 is 0.833 bits per heavy atom. The van der Waals surface area contributed by atoms with E-state index in [-0.39, 0.29) is 19.2 Å². The summed E-state index contributed by atoms with van der Waals surface area (Å²) in [5.41, 5.74) is 0. The number of hydrogen-bond donors (Lipinski definition) is 1. The molecule has 0 spiro atoms. The van der Waals surface area contributed by atoms with Crippen molar-refractivity contribution in [1.29, 1.82) is 0 Å². The van der Waals surface area contributed by atoms with Crippen LogP contribution in [0.15, 0.2) is 0 Å². The fourth-order valence-electron chi connectivity index (χ4n) is 3.22. The van der Waals surface area contributed by atoms with Crippen LogP contribution in [-0.4, -0.2) is 24.3 Å². The first kappa shape index (κ1) is 23.4. The smallest absolute Gasteiger partial charge is 0.305 e. The SMILES string of the molecule is CCCC(C)CCCCCCCCCCCCCC(=O)OCCO. The molecule has 1 N–H and O–H groups in total. The van der Waals surface area contributed by atoms with Gasteiger partial charge < -0.3 is 9.84 Å². The van der Waals surface area contributed by atoms with Crippen LogP contribution in [0, 0.1) is 5.92 Å². The minimum absolute atomic E-state index is 0.0796. The van der Waals surface area contributed by atoms with Gasteiger partial charge >= 0.3 is 5.97 Å². The lowest BCUT2D eigenvalue weighted by Gasteiger charge is -2.09. The fourth-order valence-corrected chi connectivity index (χ4v) is 3.22. The highest BCUT2D eigenvalue weighted by Crippen LogP contribution is 2.16. The summed E-state index contributed by atoms with van der Waals surface area (Å²) < 4.78 is 4.83. The maximum Gasteiger partial charge on any atom is 0.305 e. The van der Waals surface area contributed by atoms with Crippen molar-refractivity contribution < 1.29 is 14.6 Å². The molecule has 0 aromatic heterocycles. The number of esters is 1. The number of aliphatic hydroxyl groups excluding tert-OH is 1. The molecule has 1 unspecified atom stereocenters. The Kier molecular flexibility index (Phi) is 18.3. The zero-order valence-electron chi connectivity index (χ0n) is 16.4. The van der Waals surface area contributed by atoms with E-state index in [1.54, 1.807) is 0 Å². The second-order valence-electron chi connectivity index (χ2n) is 7.27. The van der Waals surface area contributed by atoms with Gasteiger partial charge in [-0.1, -0.05) is 97.3 Å². The molecule has 0 aliphatic heterocycles. The highest BCUT2D eigenvalue weighted by atomic mass is 16.5. The van der Waals surface area contributed by atoms with E-state index >= 15 is 0 Å². The normalized spacial score (nSPS) is 12.3. The fraction of sp³-hybridized carbons (Fsp3) is 0.952. The van der Waals surface area contributed by atoms with Crippen molar-refractivity contribution in [2.45, 2.75) is 110 Å². The van der Waals surface area contributed by atoms with Crippen molar-refractivity contribution in [3.63, 3.8) is 0 Å². The Labute approximate surface area is 150 Å². The molecular formula is C21H42O3. The third-order valence-corrected chi connectivity index (χ3v) is 4.71. The van der Waals surface area contributed by atoms with E-state index in [9.17, 15) is 4.79 Å². The molecule has 0 rings (SSSR count). The number of ether oxygens (including phenoxy) is 1. The number of carbonyl (C=O) groups excluding carboxylic acids is 1. The van der Waals surface area contributed by atoms with Crippen LogP contribution < -0.4 is 0 Å². The molecule has 3 heteroatoms. The third-order valence-electron chi connectivity index (χ3n) is 4.71. The molecule has 0 aliphatic carbocycles. The van der Waals surface area contributed by atoms with Gasteiger partial charge in [0.05, 0.1) is 6.61 Å². The molecule has 0 aromatic rings. The summed E-state index contributed by atoms with van der Waals surface area (Å²) in [5, 5.41) is 8.55. The predicted octanol–water partition coefficient (Wildman–Crippen LogP) is 6.03. The summed E-state index contributed by atoms with van der Waals surface area (Å²) in [6.45, 7) is 4.73. The van der Waals surface area contributed by atoms with Crippen molar-refractivity contribution in [2.24, 2.45) is 5.92 Å². The van der Waals surface area contributed by atoms with Crippen LogP contribution in [0.3, 0.4) is 0 Å². The Morgan fingerprint density at radius 3 is 1.83 bits per heavy atom. The van der Waals surface area contributed by atoms with E-state index in [0.717, 1.165) is 18.8 Å². The maximum absolute atomic E-state index is 11.2. The van der Waals surface area contributed by atoms with Crippen molar-refractivity contribution in [3.05, 3.63) is 0 Å². The largest absolute Gasteiger partial charge is 0.463 e. The molecule has 0 saturated heterocycles. The summed E-state index contributed by atoms with van der Waals surface area (Å²) >= 11 is 0. The molecule has 24 heavy (non-hydrogen) atoms. The van der Waals surface area contributed by atoms with Crippen LogP contribution in [0.2, 0.25) is 0 Å². The van der Waals surface area contributed by atoms with E-state index < -0.39 is 0 Å². The monoisotopic (exact) mass is 342 g/mol. The van der Waals surface area contributed by atoms with Crippen LogP contribution in [0.4, 0.5) is 0 Å². The van der Waals surface area contributed by atoms with E-state index in [1.807, 2.05) is 0 Å². The average molecular weight is 343 g/mol. The van der Waals surface area contributed by atoms with Gasteiger partial charge in [0.15, 0.2) is 0 Å². The first-order valence-corrected chi connectivity index (χ1v) is 10.5. The standard InChI is InChI=1S/C21H42O3/c1-3-15-20(2)16-13-11-9-7-5-4-6-8-10-12-14-17-21(23)24-19-18-22/h20,22H,3-19H2,1-2H3. The molecule has 3 nitrogen and oxygen atoms in total. The molecule has 0 aromatic carbocycles. The number of rotatable bonds is 18.